The highest BCUT2D eigenvalue weighted by Crippen LogP contribution is 2.47. The summed E-state index contributed by atoms with van der Waals surface area (Å²) in [4.78, 5) is 1.91. The zero-order chi connectivity index (χ0) is 11.9. The van der Waals surface area contributed by atoms with E-state index in [0.29, 0.717) is 13.0 Å². The van der Waals surface area contributed by atoms with Crippen molar-refractivity contribution in [3.05, 3.63) is 0 Å². The molecule has 0 fully saturated rings. The molecule has 0 heterocycles. The Morgan fingerprint density at radius 3 is 2.27 bits per heavy atom. The lowest BCUT2D eigenvalue weighted by Crippen LogP contribution is -2.33. The molecule has 0 aliphatic carbocycles. The van der Waals surface area contributed by atoms with Crippen LogP contribution in [0.3, 0.4) is 0 Å². The molecular formula is C9H19N2O3P. The van der Waals surface area contributed by atoms with E-state index in [4.69, 9.17) is 14.3 Å². The highest BCUT2D eigenvalue weighted by Gasteiger charge is 2.26. The molecule has 0 unspecified atom stereocenters. The maximum absolute atomic E-state index is 11.9. The van der Waals surface area contributed by atoms with Gasteiger partial charge in [0.15, 0.2) is 0 Å². The van der Waals surface area contributed by atoms with Crippen molar-refractivity contribution in [1.82, 2.24) is 4.90 Å². The summed E-state index contributed by atoms with van der Waals surface area (Å²) in [5, 5.41) is 8.50. The van der Waals surface area contributed by atoms with Gasteiger partial charge in [-0.2, -0.15) is 5.26 Å². The van der Waals surface area contributed by atoms with Crippen LogP contribution in [0.2, 0.25) is 0 Å². The predicted octanol–water partition coefficient (Wildman–Crippen LogP) is 2.05. The Hall–Kier alpha value is -0.400. The number of rotatable bonds is 7. The molecule has 88 valence electrons. The predicted molar refractivity (Wildman–Crippen MR) is 58.6 cm³/mol. The van der Waals surface area contributed by atoms with E-state index in [1.165, 1.54) is 14.2 Å². The first-order valence-electron chi connectivity index (χ1n) is 4.80. The second kappa shape index (κ2) is 6.97. The smallest absolute Gasteiger partial charge is 0.311 e. The third-order valence-corrected chi connectivity index (χ3v) is 3.97. The van der Waals surface area contributed by atoms with Gasteiger partial charge in [-0.1, -0.05) is 0 Å². The van der Waals surface area contributed by atoms with E-state index in [-0.39, 0.29) is 12.3 Å². The van der Waals surface area contributed by atoms with E-state index < -0.39 is 7.60 Å². The van der Waals surface area contributed by atoms with E-state index >= 15 is 0 Å². The van der Waals surface area contributed by atoms with E-state index in [1.54, 1.807) is 0 Å². The zero-order valence-electron chi connectivity index (χ0n) is 9.77. The molecule has 0 radical (unpaired) electrons. The quantitative estimate of drug-likeness (QED) is 0.631. The zero-order valence-corrected chi connectivity index (χ0v) is 10.7. The van der Waals surface area contributed by atoms with Gasteiger partial charge in [-0.05, 0) is 13.8 Å². The van der Waals surface area contributed by atoms with Gasteiger partial charge in [-0.15, -0.1) is 0 Å². The minimum Gasteiger partial charge on any atom is -0.311 e. The van der Waals surface area contributed by atoms with Gasteiger partial charge in [-0.3, -0.25) is 9.46 Å². The van der Waals surface area contributed by atoms with Crippen molar-refractivity contribution >= 4 is 7.60 Å². The summed E-state index contributed by atoms with van der Waals surface area (Å²) in [5.41, 5.74) is 0. The Labute approximate surface area is 91.5 Å². The first-order chi connectivity index (χ1) is 6.99. The Kier molecular flexibility index (Phi) is 6.78. The number of hydrogen-bond donors (Lipinski definition) is 0. The molecule has 15 heavy (non-hydrogen) atoms. The minimum atomic E-state index is -3.01. The average Bonchev–Trinajstić information content (AvgIpc) is 2.23. The van der Waals surface area contributed by atoms with Crippen LogP contribution >= 0.6 is 7.60 Å². The second-order valence-electron chi connectivity index (χ2n) is 3.43. The van der Waals surface area contributed by atoms with Crippen LogP contribution in [0.25, 0.3) is 0 Å². The summed E-state index contributed by atoms with van der Waals surface area (Å²) in [5.74, 6) is 0. The molecule has 0 atom stereocenters. The van der Waals surface area contributed by atoms with Gasteiger partial charge >= 0.3 is 7.60 Å². The molecule has 0 aromatic carbocycles. The lowest BCUT2D eigenvalue weighted by molar-refractivity contribution is 0.211. The third kappa shape index (κ3) is 5.29. The summed E-state index contributed by atoms with van der Waals surface area (Å²) >= 11 is 0. The SMILES string of the molecule is COP(=O)(CN(CCC#N)C(C)C)OC. The molecule has 0 bridgehead atoms. The van der Waals surface area contributed by atoms with Crippen LogP contribution in [0.5, 0.6) is 0 Å². The van der Waals surface area contributed by atoms with Crippen LogP contribution < -0.4 is 0 Å². The van der Waals surface area contributed by atoms with Gasteiger partial charge < -0.3 is 9.05 Å². The highest BCUT2D eigenvalue weighted by molar-refractivity contribution is 7.53. The van der Waals surface area contributed by atoms with Crippen LogP contribution in [0.1, 0.15) is 20.3 Å². The Morgan fingerprint density at radius 2 is 1.93 bits per heavy atom. The van der Waals surface area contributed by atoms with Crippen LogP contribution in [0, 0.1) is 11.3 Å². The Bertz CT molecular complexity index is 255. The summed E-state index contributed by atoms with van der Waals surface area (Å²) in [6, 6.07) is 2.27. The Balaban J connectivity index is 4.40. The molecule has 6 heteroatoms. The first kappa shape index (κ1) is 14.6. The monoisotopic (exact) mass is 234 g/mol. The lowest BCUT2D eigenvalue weighted by atomic mass is 10.3. The minimum absolute atomic E-state index is 0.206. The third-order valence-electron chi connectivity index (χ3n) is 2.15. The van der Waals surface area contributed by atoms with Crippen molar-refractivity contribution in [1.29, 1.82) is 5.26 Å². The van der Waals surface area contributed by atoms with Crippen LogP contribution in [0.4, 0.5) is 0 Å². The largest absolute Gasteiger partial charge is 0.344 e. The topological polar surface area (TPSA) is 62.6 Å². The van der Waals surface area contributed by atoms with Crippen LogP contribution in [-0.2, 0) is 13.6 Å². The van der Waals surface area contributed by atoms with Crippen molar-refractivity contribution in [2.45, 2.75) is 26.3 Å². The standard InChI is InChI=1S/C9H19N2O3P/c1-9(2)11(7-5-6-10)8-15(12,13-3)14-4/h9H,5,7-8H2,1-4H3. The molecule has 0 saturated heterocycles. The lowest BCUT2D eigenvalue weighted by Gasteiger charge is -2.27. The maximum atomic E-state index is 11.9. The summed E-state index contributed by atoms with van der Waals surface area (Å²) in [6.45, 7) is 4.53. The molecule has 0 aromatic heterocycles. The van der Waals surface area contributed by atoms with Crippen LogP contribution in [0.15, 0.2) is 0 Å². The second-order valence-corrected chi connectivity index (χ2v) is 5.67. The fraction of sp³-hybridized carbons (Fsp3) is 0.889. The van der Waals surface area contributed by atoms with Gasteiger partial charge in [0, 0.05) is 33.2 Å². The molecule has 0 aliphatic heterocycles. The average molecular weight is 234 g/mol. The first-order valence-corrected chi connectivity index (χ1v) is 6.53. The van der Waals surface area contributed by atoms with Crippen molar-refractivity contribution in [3.63, 3.8) is 0 Å². The highest BCUT2D eigenvalue weighted by atomic mass is 31.2. The fourth-order valence-corrected chi connectivity index (χ4v) is 2.39. The van der Waals surface area contributed by atoms with Gasteiger partial charge in [0.25, 0.3) is 0 Å². The van der Waals surface area contributed by atoms with Gasteiger partial charge in [-0.25, -0.2) is 0 Å². The molecule has 0 aliphatic rings. The summed E-state index contributed by atoms with van der Waals surface area (Å²) in [7, 11) is -0.279. The van der Waals surface area contributed by atoms with Gasteiger partial charge in [0.1, 0.15) is 6.29 Å². The molecule has 0 rings (SSSR count). The van der Waals surface area contributed by atoms with E-state index in [9.17, 15) is 4.57 Å². The normalized spacial score (nSPS) is 12.1. The molecular weight excluding hydrogens is 215 g/mol. The molecule has 0 aromatic rings. The van der Waals surface area contributed by atoms with Crippen molar-refractivity contribution < 1.29 is 13.6 Å². The van der Waals surface area contributed by atoms with E-state index in [0.717, 1.165) is 0 Å². The van der Waals surface area contributed by atoms with Gasteiger partial charge in [0.05, 0.1) is 6.07 Å². The van der Waals surface area contributed by atoms with Crippen LogP contribution in [-0.4, -0.2) is 38.0 Å². The number of nitrogens with zero attached hydrogens (tertiary/aromatic N) is 2. The summed E-state index contributed by atoms with van der Waals surface area (Å²) < 4.78 is 21.6. The van der Waals surface area contributed by atoms with Gasteiger partial charge in [0.2, 0.25) is 0 Å². The maximum Gasteiger partial charge on any atom is 0.344 e. The molecule has 0 amide bonds. The molecule has 0 N–H and O–H groups in total. The van der Waals surface area contributed by atoms with Crippen molar-refractivity contribution in [2.24, 2.45) is 0 Å². The van der Waals surface area contributed by atoms with E-state index in [1.807, 2.05) is 18.7 Å². The fourth-order valence-electron chi connectivity index (χ4n) is 1.10. The van der Waals surface area contributed by atoms with Crippen molar-refractivity contribution in [2.75, 3.05) is 27.1 Å². The molecule has 5 nitrogen and oxygen atoms in total. The molecule has 0 spiro atoms. The van der Waals surface area contributed by atoms with Crippen molar-refractivity contribution in [3.8, 4) is 6.07 Å². The number of hydrogen-bond acceptors (Lipinski definition) is 5. The molecule has 0 saturated carbocycles. The Morgan fingerprint density at radius 1 is 1.40 bits per heavy atom. The number of nitriles is 1. The summed E-state index contributed by atoms with van der Waals surface area (Å²) in [6.07, 6.45) is 0.630. The van der Waals surface area contributed by atoms with E-state index in [2.05, 4.69) is 6.07 Å².